The predicted molar refractivity (Wildman–Crippen MR) is 39.8 cm³/mol. The Balaban J connectivity index is 3.93. The molecule has 0 aromatic carbocycles. The maximum Gasteiger partial charge on any atom is 0.175 e. The number of rotatable bonds is 4. The molecule has 0 aromatic rings. The number of Topliss-reactive ketones (excluding diaryl/α,β-unsaturated/α-hetero) is 1. The van der Waals surface area contributed by atoms with Crippen molar-refractivity contribution in [2.75, 3.05) is 13.7 Å². The van der Waals surface area contributed by atoms with Crippen molar-refractivity contribution in [3.05, 3.63) is 0 Å². The van der Waals surface area contributed by atoms with Crippen molar-refractivity contribution in [2.24, 2.45) is 5.92 Å². The van der Waals surface area contributed by atoms with E-state index in [1.807, 2.05) is 13.8 Å². The molecule has 0 saturated carbocycles. The fourth-order valence-electron chi connectivity index (χ4n) is 0.964. The van der Waals surface area contributed by atoms with Gasteiger partial charge < -0.3 is 10.4 Å². The summed E-state index contributed by atoms with van der Waals surface area (Å²) in [5, 5.41) is 11.3. The van der Waals surface area contributed by atoms with Crippen LogP contribution in [0.5, 0.6) is 0 Å². The summed E-state index contributed by atoms with van der Waals surface area (Å²) >= 11 is 0. The van der Waals surface area contributed by atoms with Crippen LogP contribution in [0.3, 0.4) is 0 Å². The van der Waals surface area contributed by atoms with Crippen LogP contribution >= 0.6 is 0 Å². The van der Waals surface area contributed by atoms with Crippen LogP contribution in [0.25, 0.3) is 0 Å². The number of aliphatic hydroxyl groups excluding tert-OH is 1. The Labute approximate surface area is 61.4 Å². The van der Waals surface area contributed by atoms with E-state index in [0.717, 1.165) is 0 Å². The summed E-state index contributed by atoms with van der Waals surface area (Å²) in [6.07, 6.45) is 0. The third-order valence-corrected chi connectivity index (χ3v) is 1.48. The second-order valence-electron chi connectivity index (χ2n) is 2.63. The number of hydrogen-bond donors (Lipinski definition) is 2. The molecule has 0 unspecified atom stereocenters. The maximum absolute atomic E-state index is 10.9. The van der Waals surface area contributed by atoms with Crippen LogP contribution in [-0.2, 0) is 4.79 Å². The van der Waals surface area contributed by atoms with Gasteiger partial charge in [-0.2, -0.15) is 0 Å². The first-order valence-corrected chi connectivity index (χ1v) is 3.44. The smallest absolute Gasteiger partial charge is 0.175 e. The molecule has 60 valence electrons. The van der Waals surface area contributed by atoms with E-state index < -0.39 is 0 Å². The number of hydrogen-bond acceptors (Lipinski definition) is 3. The zero-order valence-corrected chi connectivity index (χ0v) is 6.72. The Hall–Kier alpha value is -0.410. The van der Waals surface area contributed by atoms with Crippen molar-refractivity contribution >= 4 is 5.78 Å². The van der Waals surface area contributed by atoms with Crippen LogP contribution < -0.4 is 5.32 Å². The van der Waals surface area contributed by atoms with E-state index in [1.54, 1.807) is 7.05 Å². The zero-order valence-electron chi connectivity index (χ0n) is 6.72. The van der Waals surface area contributed by atoms with Crippen molar-refractivity contribution < 1.29 is 9.90 Å². The Morgan fingerprint density at radius 3 is 2.20 bits per heavy atom. The fourth-order valence-corrected chi connectivity index (χ4v) is 0.964. The first-order valence-electron chi connectivity index (χ1n) is 3.44. The number of aliphatic hydroxyl groups is 1. The molecular formula is C7H15NO2. The van der Waals surface area contributed by atoms with Crippen LogP contribution in [-0.4, -0.2) is 30.6 Å². The van der Waals surface area contributed by atoms with Crippen molar-refractivity contribution in [1.29, 1.82) is 0 Å². The molecule has 0 aliphatic carbocycles. The van der Waals surface area contributed by atoms with Gasteiger partial charge in [0, 0.05) is 0 Å². The van der Waals surface area contributed by atoms with Gasteiger partial charge >= 0.3 is 0 Å². The minimum atomic E-state index is -0.371. The Kier molecular flexibility index (Phi) is 4.23. The third kappa shape index (κ3) is 2.45. The number of carbonyl (C=O) groups is 1. The molecule has 2 N–H and O–H groups in total. The highest BCUT2D eigenvalue weighted by molar-refractivity contribution is 5.85. The minimum absolute atomic E-state index is 0.141. The molecule has 0 fully saturated rings. The second-order valence-corrected chi connectivity index (χ2v) is 2.63. The molecular weight excluding hydrogens is 130 g/mol. The van der Waals surface area contributed by atoms with E-state index in [-0.39, 0.29) is 24.3 Å². The van der Waals surface area contributed by atoms with Gasteiger partial charge in [-0.15, -0.1) is 0 Å². The van der Waals surface area contributed by atoms with Gasteiger partial charge in [-0.05, 0) is 13.0 Å². The molecule has 1 atom stereocenters. The van der Waals surface area contributed by atoms with Gasteiger partial charge in [0.15, 0.2) is 5.78 Å². The van der Waals surface area contributed by atoms with Gasteiger partial charge in [0.2, 0.25) is 0 Å². The normalized spacial score (nSPS) is 13.7. The van der Waals surface area contributed by atoms with Crippen molar-refractivity contribution in [3.63, 3.8) is 0 Å². The predicted octanol–water partition coefficient (Wildman–Crippen LogP) is -0.208. The Morgan fingerprint density at radius 2 is 2.10 bits per heavy atom. The highest BCUT2D eigenvalue weighted by Gasteiger charge is 2.18. The van der Waals surface area contributed by atoms with Crippen molar-refractivity contribution in [3.8, 4) is 0 Å². The molecule has 0 bridgehead atoms. The molecule has 0 aliphatic rings. The van der Waals surface area contributed by atoms with E-state index in [2.05, 4.69) is 5.32 Å². The first kappa shape index (κ1) is 9.59. The molecule has 3 nitrogen and oxygen atoms in total. The lowest BCUT2D eigenvalue weighted by molar-refractivity contribution is -0.124. The summed E-state index contributed by atoms with van der Waals surface area (Å²) in [5.41, 5.74) is 0. The molecule has 0 heterocycles. The zero-order chi connectivity index (χ0) is 8.15. The molecule has 0 saturated heterocycles. The Bertz CT molecular complexity index is 112. The number of likely N-dealkylation sites (N-methyl/N-ethyl adjacent to an activating group) is 1. The lowest BCUT2D eigenvalue weighted by atomic mass is 10.0. The maximum atomic E-state index is 10.9. The van der Waals surface area contributed by atoms with E-state index in [1.165, 1.54) is 0 Å². The topological polar surface area (TPSA) is 49.3 Å². The van der Waals surface area contributed by atoms with Crippen molar-refractivity contribution in [1.82, 2.24) is 5.32 Å². The van der Waals surface area contributed by atoms with Crippen molar-refractivity contribution in [2.45, 2.75) is 19.9 Å². The van der Waals surface area contributed by atoms with Gasteiger partial charge in [0.25, 0.3) is 0 Å². The van der Waals surface area contributed by atoms with Crippen LogP contribution in [0.1, 0.15) is 13.8 Å². The lowest BCUT2D eigenvalue weighted by Crippen LogP contribution is -2.40. The lowest BCUT2D eigenvalue weighted by Gasteiger charge is -2.16. The summed E-state index contributed by atoms with van der Waals surface area (Å²) in [5.74, 6) is 0.0992. The van der Waals surface area contributed by atoms with E-state index in [4.69, 9.17) is 5.11 Å². The van der Waals surface area contributed by atoms with Gasteiger partial charge in [0.05, 0.1) is 6.04 Å². The monoisotopic (exact) mass is 145 g/mol. The number of carbonyl (C=O) groups excluding carboxylic acids is 1. The van der Waals surface area contributed by atoms with Crippen LogP contribution in [0.4, 0.5) is 0 Å². The molecule has 0 radical (unpaired) electrons. The highest BCUT2D eigenvalue weighted by atomic mass is 16.3. The average Bonchev–Trinajstić information content (AvgIpc) is 1.88. The van der Waals surface area contributed by atoms with Crippen LogP contribution in [0, 0.1) is 5.92 Å². The number of ketones is 1. The molecule has 0 amide bonds. The quantitative estimate of drug-likeness (QED) is 0.575. The fraction of sp³-hybridized carbons (Fsp3) is 0.857. The van der Waals surface area contributed by atoms with E-state index >= 15 is 0 Å². The second kappa shape index (κ2) is 4.41. The molecule has 10 heavy (non-hydrogen) atoms. The van der Waals surface area contributed by atoms with Crippen LogP contribution in [0.2, 0.25) is 0 Å². The summed E-state index contributed by atoms with van der Waals surface area (Å²) in [7, 11) is 1.72. The summed E-state index contributed by atoms with van der Waals surface area (Å²) < 4.78 is 0. The molecule has 0 aliphatic heterocycles. The first-order chi connectivity index (χ1) is 4.63. The molecule has 0 aromatic heterocycles. The van der Waals surface area contributed by atoms with Gasteiger partial charge in [-0.1, -0.05) is 13.8 Å². The SMILES string of the molecule is CN[C@H](C(=O)CO)C(C)C. The van der Waals surface area contributed by atoms with E-state index in [0.29, 0.717) is 0 Å². The van der Waals surface area contributed by atoms with E-state index in [9.17, 15) is 4.79 Å². The summed E-state index contributed by atoms with van der Waals surface area (Å²) in [6.45, 7) is 3.51. The van der Waals surface area contributed by atoms with Crippen LogP contribution in [0.15, 0.2) is 0 Å². The molecule has 0 rings (SSSR count). The minimum Gasteiger partial charge on any atom is -0.389 e. The molecule has 3 heteroatoms. The van der Waals surface area contributed by atoms with Gasteiger partial charge in [-0.3, -0.25) is 4.79 Å². The standard InChI is InChI=1S/C7H15NO2/c1-5(2)7(8-3)6(10)4-9/h5,7-9H,4H2,1-3H3/t7-/m0/s1. The average molecular weight is 145 g/mol. The number of nitrogens with one attached hydrogen (secondary N) is 1. The highest BCUT2D eigenvalue weighted by Crippen LogP contribution is 2.00. The largest absolute Gasteiger partial charge is 0.389 e. The van der Waals surface area contributed by atoms with Gasteiger partial charge in [-0.25, -0.2) is 0 Å². The summed E-state index contributed by atoms with van der Waals surface area (Å²) in [4.78, 5) is 10.9. The molecule has 0 spiro atoms. The third-order valence-electron chi connectivity index (χ3n) is 1.48. The van der Waals surface area contributed by atoms with Gasteiger partial charge in [0.1, 0.15) is 6.61 Å². The Morgan fingerprint density at radius 1 is 1.60 bits per heavy atom. The summed E-state index contributed by atoms with van der Waals surface area (Å²) in [6, 6.07) is -0.204.